The minimum absolute atomic E-state index is 0.242. The van der Waals surface area contributed by atoms with Gasteiger partial charge in [0.15, 0.2) is 6.29 Å². The summed E-state index contributed by atoms with van der Waals surface area (Å²) in [6.07, 6.45) is 14.1. The molecule has 0 aliphatic carbocycles. The number of nitrogens with one attached hydrogen (secondary N) is 1. The van der Waals surface area contributed by atoms with Crippen LogP contribution in [0, 0.1) is 5.82 Å². The number of halogens is 1. The van der Waals surface area contributed by atoms with Crippen LogP contribution in [-0.4, -0.2) is 98.7 Å². The van der Waals surface area contributed by atoms with Crippen molar-refractivity contribution in [2.45, 2.75) is 204 Å². The standard InChI is InChI=1S/C47H76FNO10/c1-2-3-4-5-6-7-8-9-10-14-17-20-23-40(51)43(53)39(34-57-47-46(56)45(55)44(54)41(33-50)59-47)49-42(52)24-21-18-15-12-11-13-16-19-22-35-25-29-37(30-26-35)58-38-31-27-36(48)28-32-38/h25-32,39-41,43-47,50-51,53-56H,2-24,33-34H2,1H3,(H,49,52)/t39-,40+,41?,43-,44+,45-,46?,47-/m0/s1. The third-order valence-corrected chi connectivity index (χ3v) is 11.4. The monoisotopic (exact) mass is 834 g/mol. The summed E-state index contributed by atoms with van der Waals surface area (Å²) in [4.78, 5) is 13.0. The number of carbonyl (C=O) groups is 1. The summed E-state index contributed by atoms with van der Waals surface area (Å²) >= 11 is 0. The van der Waals surface area contributed by atoms with Crippen molar-refractivity contribution in [3.05, 3.63) is 59.9 Å². The van der Waals surface area contributed by atoms with Crippen molar-refractivity contribution in [3.63, 3.8) is 0 Å². The Morgan fingerprint density at radius 1 is 0.695 bits per heavy atom. The van der Waals surface area contributed by atoms with Gasteiger partial charge >= 0.3 is 0 Å². The van der Waals surface area contributed by atoms with Gasteiger partial charge in [-0.3, -0.25) is 4.79 Å². The van der Waals surface area contributed by atoms with Gasteiger partial charge in [-0.15, -0.1) is 0 Å². The van der Waals surface area contributed by atoms with Crippen molar-refractivity contribution < 1.29 is 54.0 Å². The maximum atomic E-state index is 13.1. The Labute approximate surface area is 352 Å². The van der Waals surface area contributed by atoms with Gasteiger partial charge in [0, 0.05) is 6.42 Å². The Morgan fingerprint density at radius 2 is 1.20 bits per heavy atom. The summed E-state index contributed by atoms with van der Waals surface area (Å²) in [5.41, 5.74) is 1.25. The number of hydrogen-bond acceptors (Lipinski definition) is 10. The lowest BCUT2D eigenvalue weighted by Gasteiger charge is -2.40. The number of benzene rings is 2. The van der Waals surface area contributed by atoms with Crippen LogP contribution >= 0.6 is 0 Å². The van der Waals surface area contributed by atoms with Gasteiger partial charge in [0.2, 0.25) is 5.91 Å². The van der Waals surface area contributed by atoms with Crippen LogP contribution in [0.1, 0.15) is 154 Å². The summed E-state index contributed by atoms with van der Waals surface area (Å²) in [7, 11) is 0. The highest BCUT2D eigenvalue weighted by Gasteiger charge is 2.44. The predicted molar refractivity (Wildman–Crippen MR) is 228 cm³/mol. The molecule has 8 atom stereocenters. The largest absolute Gasteiger partial charge is 0.457 e. The fourth-order valence-corrected chi connectivity index (χ4v) is 7.58. The van der Waals surface area contributed by atoms with E-state index in [0.717, 1.165) is 82.8 Å². The smallest absolute Gasteiger partial charge is 0.220 e. The zero-order valence-corrected chi connectivity index (χ0v) is 35.6. The molecule has 0 spiro atoms. The van der Waals surface area contributed by atoms with E-state index in [1.54, 1.807) is 12.1 Å². The predicted octanol–water partition coefficient (Wildman–Crippen LogP) is 7.79. The Balaban J connectivity index is 1.32. The van der Waals surface area contributed by atoms with E-state index in [-0.39, 0.29) is 24.8 Å². The first kappa shape index (κ1) is 50.7. The summed E-state index contributed by atoms with van der Waals surface area (Å²) < 4.78 is 30.0. The maximum Gasteiger partial charge on any atom is 0.220 e. The van der Waals surface area contributed by atoms with Gasteiger partial charge in [0.05, 0.1) is 25.4 Å². The fourth-order valence-electron chi connectivity index (χ4n) is 7.58. The first-order valence-corrected chi connectivity index (χ1v) is 22.7. The first-order chi connectivity index (χ1) is 28.6. The second kappa shape index (κ2) is 30.4. The van der Waals surface area contributed by atoms with Crippen LogP contribution in [-0.2, 0) is 20.7 Å². The van der Waals surface area contributed by atoms with Crippen molar-refractivity contribution in [2.24, 2.45) is 0 Å². The summed E-state index contributed by atoms with van der Waals surface area (Å²) in [6, 6.07) is 12.9. The minimum atomic E-state index is -1.62. The first-order valence-electron chi connectivity index (χ1n) is 22.7. The van der Waals surface area contributed by atoms with Gasteiger partial charge in [-0.1, -0.05) is 135 Å². The molecule has 0 bridgehead atoms. The minimum Gasteiger partial charge on any atom is -0.457 e. The molecule has 1 aliphatic heterocycles. The van der Waals surface area contributed by atoms with Crippen LogP contribution in [0.15, 0.2) is 48.5 Å². The fraction of sp³-hybridized carbons (Fsp3) is 0.723. The highest BCUT2D eigenvalue weighted by molar-refractivity contribution is 5.76. The van der Waals surface area contributed by atoms with Crippen molar-refractivity contribution in [1.82, 2.24) is 5.32 Å². The second-order valence-electron chi connectivity index (χ2n) is 16.5. The van der Waals surface area contributed by atoms with Crippen LogP contribution in [0.25, 0.3) is 0 Å². The van der Waals surface area contributed by atoms with E-state index in [0.29, 0.717) is 18.6 Å². The SMILES string of the molecule is CCCCCCCCCCCCCC[C@@H](O)[C@@H](O)[C@H](CO[C@H]1OC(CO)[C@@H](O)[C@H](O)C1O)NC(=O)CCCCCCCCCCc1ccc(Oc2ccc(F)cc2)cc1. The van der Waals surface area contributed by atoms with Gasteiger partial charge in [0.25, 0.3) is 0 Å². The summed E-state index contributed by atoms with van der Waals surface area (Å²) in [5, 5.41) is 65.2. The van der Waals surface area contributed by atoms with Crippen molar-refractivity contribution >= 4 is 5.91 Å². The van der Waals surface area contributed by atoms with E-state index in [1.807, 2.05) is 12.1 Å². The Morgan fingerprint density at radius 3 is 1.76 bits per heavy atom. The van der Waals surface area contributed by atoms with Crippen molar-refractivity contribution in [3.8, 4) is 11.5 Å². The Hall–Kier alpha value is -2.68. The number of carbonyl (C=O) groups excluding carboxylic acids is 1. The molecule has 0 aromatic heterocycles. The Kier molecular flexibility index (Phi) is 26.1. The molecule has 1 aliphatic rings. The van der Waals surface area contributed by atoms with E-state index in [9.17, 15) is 39.8 Å². The molecule has 12 heteroatoms. The summed E-state index contributed by atoms with van der Waals surface area (Å²) in [6.45, 7) is 1.29. The lowest BCUT2D eigenvalue weighted by Crippen LogP contribution is -2.60. The molecular formula is C47H76FNO10. The molecule has 11 nitrogen and oxygen atoms in total. The maximum absolute atomic E-state index is 13.1. The molecule has 1 saturated heterocycles. The lowest BCUT2D eigenvalue weighted by molar-refractivity contribution is -0.303. The molecule has 7 N–H and O–H groups in total. The zero-order chi connectivity index (χ0) is 42.7. The average Bonchev–Trinajstić information content (AvgIpc) is 3.24. The van der Waals surface area contributed by atoms with E-state index < -0.39 is 55.6 Å². The third kappa shape index (κ3) is 20.6. The molecule has 1 fully saturated rings. The van der Waals surface area contributed by atoms with Crippen LogP contribution in [0.5, 0.6) is 11.5 Å². The molecular weight excluding hydrogens is 758 g/mol. The van der Waals surface area contributed by atoms with E-state index in [4.69, 9.17) is 14.2 Å². The van der Waals surface area contributed by atoms with Gasteiger partial charge in [0.1, 0.15) is 47.8 Å². The number of aliphatic hydroxyl groups excluding tert-OH is 6. The highest BCUT2D eigenvalue weighted by Crippen LogP contribution is 2.24. The highest BCUT2D eigenvalue weighted by atomic mass is 19.1. The number of aliphatic hydroxyl groups is 6. The van der Waals surface area contributed by atoms with Crippen LogP contribution in [0.3, 0.4) is 0 Å². The number of unbranched alkanes of at least 4 members (excludes halogenated alkanes) is 18. The Bertz CT molecular complexity index is 1350. The quantitative estimate of drug-likeness (QED) is 0.0352. The van der Waals surface area contributed by atoms with Gasteiger partial charge in [-0.05, 0) is 67.6 Å². The van der Waals surface area contributed by atoms with Gasteiger partial charge in [-0.2, -0.15) is 0 Å². The van der Waals surface area contributed by atoms with E-state index >= 15 is 0 Å². The summed E-state index contributed by atoms with van der Waals surface area (Å²) in [5.74, 6) is 0.728. The lowest BCUT2D eigenvalue weighted by atomic mass is 9.98. The van der Waals surface area contributed by atoms with E-state index in [2.05, 4.69) is 24.4 Å². The van der Waals surface area contributed by atoms with Gasteiger partial charge < -0.3 is 50.2 Å². The molecule has 2 aromatic carbocycles. The molecule has 2 aromatic rings. The number of hydrogen-bond donors (Lipinski definition) is 7. The number of amides is 1. The van der Waals surface area contributed by atoms with Crippen LogP contribution in [0.2, 0.25) is 0 Å². The van der Waals surface area contributed by atoms with Crippen molar-refractivity contribution in [2.75, 3.05) is 13.2 Å². The normalized spacial score (nSPS) is 20.9. The van der Waals surface area contributed by atoms with Crippen molar-refractivity contribution in [1.29, 1.82) is 0 Å². The molecule has 1 amide bonds. The van der Waals surface area contributed by atoms with E-state index in [1.165, 1.54) is 69.1 Å². The van der Waals surface area contributed by atoms with Crippen LogP contribution in [0.4, 0.5) is 4.39 Å². The number of aryl methyl sites for hydroxylation is 1. The van der Waals surface area contributed by atoms with Crippen LogP contribution < -0.4 is 10.1 Å². The average molecular weight is 834 g/mol. The number of ether oxygens (including phenoxy) is 3. The molecule has 1 heterocycles. The topological polar surface area (TPSA) is 178 Å². The molecule has 3 rings (SSSR count). The number of rotatable bonds is 33. The third-order valence-electron chi connectivity index (χ3n) is 11.4. The molecule has 336 valence electrons. The molecule has 2 unspecified atom stereocenters. The zero-order valence-electron chi connectivity index (χ0n) is 35.6. The molecule has 59 heavy (non-hydrogen) atoms. The van der Waals surface area contributed by atoms with Gasteiger partial charge in [-0.25, -0.2) is 4.39 Å². The molecule has 0 radical (unpaired) electrons. The second-order valence-corrected chi connectivity index (χ2v) is 16.5. The molecule has 0 saturated carbocycles.